The zero-order valence-corrected chi connectivity index (χ0v) is 32.2. The number of aromatic amines is 1. The third kappa shape index (κ3) is 9.80. The first-order valence-electron chi connectivity index (χ1n) is 15.8. The number of benzene rings is 2. The summed E-state index contributed by atoms with van der Waals surface area (Å²) in [6, 6.07) is 15.6. The van der Waals surface area contributed by atoms with Gasteiger partial charge in [-0.15, -0.1) is 12.4 Å². The molecule has 274 valence electrons. The van der Waals surface area contributed by atoms with Gasteiger partial charge in [-0.1, -0.05) is 31.9 Å². The lowest BCUT2D eigenvalue weighted by molar-refractivity contribution is 0.0944. The minimum absolute atomic E-state index is 0. The van der Waals surface area contributed by atoms with E-state index >= 15 is 0 Å². The fourth-order valence-corrected chi connectivity index (χ4v) is 6.15. The predicted octanol–water partition coefficient (Wildman–Crippen LogP) is 5.07. The lowest BCUT2D eigenvalue weighted by Crippen LogP contribution is -2.28. The molecule has 3 heterocycles. The smallest absolute Gasteiger partial charge is 0.291 e. The van der Waals surface area contributed by atoms with Crippen LogP contribution in [0.25, 0.3) is 11.0 Å². The number of H-pyrrole nitrogens is 1. The second-order valence-electron chi connectivity index (χ2n) is 11.6. The average Bonchev–Trinajstić information content (AvgIpc) is 3.80. The first kappa shape index (κ1) is 39.7. The van der Waals surface area contributed by atoms with Gasteiger partial charge in [0.25, 0.3) is 23.6 Å². The van der Waals surface area contributed by atoms with Gasteiger partial charge in [0.05, 0.1) is 28.2 Å². The molecule has 0 saturated carbocycles. The number of nitrogens with one attached hydrogen (secondary N) is 6. The highest BCUT2D eigenvalue weighted by Crippen LogP contribution is 2.22. The van der Waals surface area contributed by atoms with E-state index in [1.807, 2.05) is 12.1 Å². The molecule has 0 aliphatic heterocycles. The topological polar surface area (TPSA) is 208 Å². The summed E-state index contributed by atoms with van der Waals surface area (Å²) < 4.78 is 3.14. The van der Waals surface area contributed by atoms with Crippen LogP contribution in [0.1, 0.15) is 48.4 Å². The van der Waals surface area contributed by atoms with Crippen LogP contribution in [0, 0.1) is 5.41 Å². The molecule has 4 amide bonds. The number of carbonyl (C=O) groups excluding carboxylic acids is 4. The molecule has 18 heteroatoms. The maximum Gasteiger partial charge on any atom is 0.291 e. The van der Waals surface area contributed by atoms with Crippen molar-refractivity contribution in [3.8, 4) is 0 Å². The molecule has 0 radical (unpaired) electrons. The van der Waals surface area contributed by atoms with Crippen LogP contribution in [0.15, 0.2) is 67.0 Å². The monoisotopic (exact) mass is 857 g/mol. The Labute approximate surface area is 322 Å². The van der Waals surface area contributed by atoms with Crippen molar-refractivity contribution in [2.45, 2.75) is 6.42 Å². The quantitative estimate of drug-likeness (QED) is 0.0432. The number of aromatic nitrogens is 4. The summed E-state index contributed by atoms with van der Waals surface area (Å²) >= 11 is 6.97. The molecule has 2 aromatic carbocycles. The number of aryl methyl sites for hydroxylation is 2. The van der Waals surface area contributed by atoms with E-state index in [4.69, 9.17) is 11.1 Å². The van der Waals surface area contributed by atoms with Gasteiger partial charge in [0.15, 0.2) is 5.82 Å². The van der Waals surface area contributed by atoms with E-state index in [9.17, 15) is 19.2 Å². The molecule has 52 heavy (non-hydrogen) atoms. The summed E-state index contributed by atoms with van der Waals surface area (Å²) in [5.41, 5.74) is 9.82. The molecular formula is C34H38Br2ClN11O4. The number of halogens is 3. The molecule has 0 unspecified atom stereocenters. The first-order valence-corrected chi connectivity index (χ1v) is 18.0. The third-order valence-corrected chi connectivity index (χ3v) is 8.54. The van der Waals surface area contributed by atoms with E-state index in [1.54, 1.807) is 66.0 Å². The van der Waals surface area contributed by atoms with Crippen LogP contribution in [0.5, 0.6) is 0 Å². The molecule has 0 aliphatic rings. The fraction of sp³-hybridized carbons (Fsp3) is 0.235. The number of anilines is 4. The molecule has 5 rings (SSSR count). The van der Waals surface area contributed by atoms with Crippen molar-refractivity contribution >= 4 is 108 Å². The van der Waals surface area contributed by atoms with Crippen LogP contribution >= 0.6 is 44.3 Å². The van der Waals surface area contributed by atoms with Gasteiger partial charge in [-0.25, -0.2) is 4.98 Å². The molecule has 0 bridgehead atoms. The average molecular weight is 860 g/mol. The fourth-order valence-electron chi connectivity index (χ4n) is 5.30. The Kier molecular flexibility index (Phi) is 13.6. The van der Waals surface area contributed by atoms with Crippen LogP contribution in [-0.2, 0) is 14.1 Å². The number of amidine groups is 1. The summed E-state index contributed by atoms with van der Waals surface area (Å²) in [7, 11) is 3.34. The van der Waals surface area contributed by atoms with Gasteiger partial charge in [-0.2, -0.15) is 0 Å². The van der Waals surface area contributed by atoms with Crippen molar-refractivity contribution in [2.24, 2.45) is 19.8 Å². The zero-order chi connectivity index (χ0) is 36.7. The molecule has 8 N–H and O–H groups in total. The summed E-state index contributed by atoms with van der Waals surface area (Å²) in [5, 5.41) is 20.0. The van der Waals surface area contributed by atoms with Crippen LogP contribution in [-0.4, -0.2) is 78.9 Å². The number of nitrogens with zero attached hydrogens (tertiary/aromatic N) is 4. The standard InChI is InChI=1S/C34H37Br2N11O4.ClH/c1-45-18-22(16-27(45)32(49)39-12-9-29(37)38)41-33(50)28-17-23(19-46(28)2)42-34(51)30-43-25-8-5-21(15-26(25)44-30)40-31(48)20-3-6-24(7-4-20)47(13-10-35)14-11-36;/h3-8,15-19H,9-14H2,1-2H3,(H3,37,38)(H,39,49)(H,40,48)(H,41,50)(H,42,51)(H,43,44);1H. The highest BCUT2D eigenvalue weighted by molar-refractivity contribution is 9.09. The van der Waals surface area contributed by atoms with E-state index in [0.29, 0.717) is 39.4 Å². The lowest BCUT2D eigenvalue weighted by atomic mass is 10.1. The number of alkyl halides is 2. The summed E-state index contributed by atoms with van der Waals surface area (Å²) in [6.07, 6.45) is 3.43. The maximum atomic E-state index is 13.1. The van der Waals surface area contributed by atoms with Crippen LogP contribution < -0.4 is 31.9 Å². The molecule has 0 fully saturated rings. The Balaban J connectivity index is 0.00000605. The van der Waals surface area contributed by atoms with Crippen LogP contribution in [0.2, 0.25) is 0 Å². The number of rotatable bonds is 15. The van der Waals surface area contributed by atoms with Gasteiger partial charge in [-0.3, -0.25) is 24.6 Å². The number of carbonyl (C=O) groups is 4. The highest BCUT2D eigenvalue weighted by atomic mass is 79.9. The number of amides is 4. The van der Waals surface area contributed by atoms with Crippen molar-refractivity contribution in [1.29, 1.82) is 5.41 Å². The SMILES string of the molecule is Cl.Cn1cc(NC(=O)c2cc(NC(=O)c3nc4cc(NC(=O)c5ccc(N(CCBr)CCBr)cc5)ccc4[nH]3)cn2C)cc1C(=O)NCCC(=N)N. The lowest BCUT2D eigenvalue weighted by Gasteiger charge is -2.23. The molecular weight excluding hydrogens is 822 g/mol. The van der Waals surface area contributed by atoms with E-state index in [2.05, 4.69) is 68.0 Å². The minimum Gasteiger partial charge on any atom is -0.388 e. The van der Waals surface area contributed by atoms with Crippen LogP contribution in [0.3, 0.4) is 0 Å². The normalized spacial score (nSPS) is 10.7. The van der Waals surface area contributed by atoms with Gasteiger partial charge in [-0.05, 0) is 54.6 Å². The Morgan fingerprint density at radius 2 is 1.38 bits per heavy atom. The zero-order valence-electron chi connectivity index (χ0n) is 28.3. The van der Waals surface area contributed by atoms with Crippen molar-refractivity contribution in [1.82, 2.24) is 24.4 Å². The highest BCUT2D eigenvalue weighted by Gasteiger charge is 2.19. The van der Waals surface area contributed by atoms with Crippen LogP contribution in [0.4, 0.5) is 22.7 Å². The molecule has 15 nitrogen and oxygen atoms in total. The van der Waals surface area contributed by atoms with E-state index in [-0.39, 0.29) is 54.5 Å². The van der Waals surface area contributed by atoms with Gasteiger partial charge >= 0.3 is 0 Å². The number of hydrogen-bond acceptors (Lipinski definition) is 7. The minimum atomic E-state index is -0.521. The van der Waals surface area contributed by atoms with Crippen molar-refractivity contribution in [3.05, 3.63) is 89.8 Å². The number of hydrogen-bond donors (Lipinski definition) is 7. The van der Waals surface area contributed by atoms with Gasteiger partial charge in [0, 0.05) is 80.1 Å². The molecule has 3 aromatic heterocycles. The van der Waals surface area contributed by atoms with Gasteiger partial charge < -0.3 is 46.0 Å². The van der Waals surface area contributed by atoms with E-state index < -0.39 is 11.8 Å². The van der Waals surface area contributed by atoms with Gasteiger partial charge in [0.2, 0.25) is 0 Å². The Bertz CT molecular complexity index is 2090. The molecule has 0 aliphatic carbocycles. The van der Waals surface area contributed by atoms with Crippen molar-refractivity contribution in [2.75, 3.05) is 51.1 Å². The van der Waals surface area contributed by atoms with Crippen molar-refractivity contribution < 1.29 is 19.2 Å². The number of nitrogens with two attached hydrogens (primary N) is 1. The Morgan fingerprint density at radius 3 is 1.98 bits per heavy atom. The number of fused-ring (bicyclic) bond motifs is 1. The Morgan fingerprint density at radius 1 is 0.808 bits per heavy atom. The second kappa shape index (κ2) is 17.9. The van der Waals surface area contributed by atoms with E-state index in [1.165, 1.54) is 12.1 Å². The Hall–Kier alpha value is -5.13. The van der Waals surface area contributed by atoms with Gasteiger partial charge in [0.1, 0.15) is 11.4 Å². The molecule has 0 saturated heterocycles. The third-order valence-electron chi connectivity index (χ3n) is 7.83. The predicted molar refractivity (Wildman–Crippen MR) is 213 cm³/mol. The summed E-state index contributed by atoms with van der Waals surface area (Å²) in [6.45, 7) is 1.91. The summed E-state index contributed by atoms with van der Waals surface area (Å²) in [4.78, 5) is 61.3. The maximum absolute atomic E-state index is 13.1. The molecule has 0 atom stereocenters. The first-order chi connectivity index (χ1) is 24.4. The molecule has 5 aromatic rings. The molecule has 0 spiro atoms. The van der Waals surface area contributed by atoms with E-state index in [0.717, 1.165) is 29.4 Å². The number of imidazole rings is 1. The van der Waals surface area contributed by atoms with Crippen molar-refractivity contribution in [3.63, 3.8) is 0 Å². The largest absolute Gasteiger partial charge is 0.388 e. The second-order valence-corrected chi connectivity index (χ2v) is 13.2. The summed E-state index contributed by atoms with van der Waals surface area (Å²) in [5.74, 6) is -1.59.